The zero-order chi connectivity index (χ0) is 25.5. The SMILES string of the molecule is CC(C)COc1ccc(CC(=O)N(Cc2ccc(F)cc2)[C@H]2CCN(C)[C@H](c3ccccc3)C2)cc1. The molecule has 4 nitrogen and oxygen atoms in total. The summed E-state index contributed by atoms with van der Waals surface area (Å²) < 4.78 is 19.3. The number of likely N-dealkylation sites (tertiary alicyclic amines) is 1. The van der Waals surface area contributed by atoms with Crippen molar-refractivity contribution in [1.29, 1.82) is 0 Å². The van der Waals surface area contributed by atoms with Crippen LogP contribution in [0.5, 0.6) is 5.75 Å². The fourth-order valence-corrected chi connectivity index (χ4v) is 4.86. The number of benzene rings is 3. The molecule has 4 rings (SSSR count). The van der Waals surface area contributed by atoms with Gasteiger partial charge in [-0.1, -0.05) is 68.4 Å². The summed E-state index contributed by atoms with van der Waals surface area (Å²) in [5, 5.41) is 0. The van der Waals surface area contributed by atoms with Crippen LogP contribution in [-0.4, -0.2) is 41.9 Å². The van der Waals surface area contributed by atoms with Crippen molar-refractivity contribution in [2.24, 2.45) is 5.92 Å². The van der Waals surface area contributed by atoms with E-state index in [2.05, 4.69) is 50.1 Å². The monoisotopic (exact) mass is 488 g/mol. The maximum atomic E-state index is 13.7. The highest BCUT2D eigenvalue weighted by atomic mass is 19.1. The van der Waals surface area contributed by atoms with E-state index < -0.39 is 0 Å². The maximum absolute atomic E-state index is 13.7. The molecule has 3 aromatic carbocycles. The van der Waals surface area contributed by atoms with Gasteiger partial charge in [-0.25, -0.2) is 4.39 Å². The first-order valence-electron chi connectivity index (χ1n) is 12.9. The van der Waals surface area contributed by atoms with Gasteiger partial charge in [0, 0.05) is 25.2 Å². The first-order chi connectivity index (χ1) is 17.4. The van der Waals surface area contributed by atoms with Crippen molar-refractivity contribution < 1.29 is 13.9 Å². The Kier molecular flexibility index (Phi) is 8.76. The predicted octanol–water partition coefficient (Wildman–Crippen LogP) is 6.27. The fraction of sp³-hybridized carbons (Fsp3) is 0.387. The summed E-state index contributed by atoms with van der Waals surface area (Å²) in [4.78, 5) is 18.1. The molecule has 0 aliphatic carbocycles. The summed E-state index contributed by atoms with van der Waals surface area (Å²) in [5.41, 5.74) is 3.18. The molecule has 1 aliphatic rings. The lowest BCUT2D eigenvalue weighted by molar-refractivity contribution is -0.135. The van der Waals surface area contributed by atoms with Crippen molar-refractivity contribution >= 4 is 5.91 Å². The Morgan fingerprint density at radius 2 is 1.67 bits per heavy atom. The molecule has 0 aromatic heterocycles. The van der Waals surface area contributed by atoms with Crippen molar-refractivity contribution in [2.45, 2.75) is 51.7 Å². The Bertz CT molecular complexity index is 1100. The maximum Gasteiger partial charge on any atom is 0.227 e. The molecule has 1 amide bonds. The molecule has 1 aliphatic heterocycles. The summed E-state index contributed by atoms with van der Waals surface area (Å²) in [7, 11) is 2.16. The molecule has 0 bridgehead atoms. The zero-order valence-electron chi connectivity index (χ0n) is 21.6. The molecule has 1 saturated heterocycles. The normalized spacial score (nSPS) is 18.2. The molecule has 3 aromatic rings. The number of ether oxygens (including phenoxy) is 1. The first kappa shape index (κ1) is 25.9. The molecule has 0 N–H and O–H groups in total. The van der Waals surface area contributed by atoms with E-state index in [0.29, 0.717) is 25.5 Å². The molecule has 2 atom stereocenters. The summed E-state index contributed by atoms with van der Waals surface area (Å²) >= 11 is 0. The molecule has 5 heteroatoms. The molecular weight excluding hydrogens is 451 g/mol. The first-order valence-corrected chi connectivity index (χ1v) is 12.9. The Morgan fingerprint density at radius 1 is 1.00 bits per heavy atom. The Morgan fingerprint density at radius 3 is 2.33 bits per heavy atom. The number of carbonyl (C=O) groups excluding carboxylic acids is 1. The third-order valence-electron chi connectivity index (χ3n) is 6.92. The van der Waals surface area contributed by atoms with Crippen LogP contribution < -0.4 is 4.74 Å². The van der Waals surface area contributed by atoms with Gasteiger partial charge >= 0.3 is 0 Å². The standard InChI is InChI=1S/C31H37FN2O2/c1-23(2)22-36-29-15-11-24(12-16-29)19-31(35)34(21-25-9-13-27(32)14-10-25)28-17-18-33(3)30(20-28)26-7-5-4-6-8-26/h4-16,23,28,30H,17-22H2,1-3H3/t28-,30-/m0/s1. The number of piperidine rings is 1. The molecule has 1 fully saturated rings. The summed E-state index contributed by atoms with van der Waals surface area (Å²) in [6.45, 7) is 6.30. The zero-order valence-corrected chi connectivity index (χ0v) is 21.6. The molecule has 190 valence electrons. The second-order valence-corrected chi connectivity index (χ2v) is 10.3. The van der Waals surface area contributed by atoms with E-state index in [0.717, 1.165) is 36.3 Å². The number of carbonyl (C=O) groups is 1. The van der Waals surface area contributed by atoms with E-state index in [9.17, 15) is 9.18 Å². The van der Waals surface area contributed by atoms with Gasteiger partial charge in [-0.05, 0) is 66.8 Å². The van der Waals surface area contributed by atoms with Gasteiger partial charge in [-0.15, -0.1) is 0 Å². The van der Waals surface area contributed by atoms with E-state index in [4.69, 9.17) is 4.74 Å². The Labute approximate surface area is 214 Å². The molecular formula is C31H37FN2O2. The summed E-state index contributed by atoms with van der Waals surface area (Å²) in [6.07, 6.45) is 2.11. The Hall–Kier alpha value is -3.18. The van der Waals surface area contributed by atoms with Gasteiger partial charge in [0.25, 0.3) is 0 Å². The van der Waals surface area contributed by atoms with Crippen LogP contribution in [0.4, 0.5) is 4.39 Å². The average Bonchev–Trinajstić information content (AvgIpc) is 2.89. The highest BCUT2D eigenvalue weighted by molar-refractivity contribution is 5.79. The van der Waals surface area contributed by atoms with Crippen LogP contribution in [0.15, 0.2) is 78.9 Å². The molecule has 0 unspecified atom stereocenters. The lowest BCUT2D eigenvalue weighted by atomic mass is 9.90. The van der Waals surface area contributed by atoms with Crippen molar-refractivity contribution in [3.63, 3.8) is 0 Å². The van der Waals surface area contributed by atoms with Gasteiger partial charge in [-0.3, -0.25) is 9.69 Å². The largest absolute Gasteiger partial charge is 0.493 e. The van der Waals surface area contributed by atoms with Gasteiger partial charge < -0.3 is 9.64 Å². The van der Waals surface area contributed by atoms with Crippen LogP contribution >= 0.6 is 0 Å². The van der Waals surface area contributed by atoms with Crippen LogP contribution in [0.1, 0.15) is 49.4 Å². The van der Waals surface area contributed by atoms with Crippen molar-refractivity contribution in [1.82, 2.24) is 9.80 Å². The highest BCUT2D eigenvalue weighted by Gasteiger charge is 2.33. The minimum absolute atomic E-state index is 0.0940. The van der Waals surface area contributed by atoms with Crippen LogP contribution in [0.3, 0.4) is 0 Å². The third kappa shape index (κ3) is 6.94. The van der Waals surface area contributed by atoms with Gasteiger partial charge in [0.1, 0.15) is 11.6 Å². The van der Waals surface area contributed by atoms with Crippen LogP contribution in [0, 0.1) is 11.7 Å². The predicted molar refractivity (Wildman–Crippen MR) is 142 cm³/mol. The number of halogens is 1. The topological polar surface area (TPSA) is 32.8 Å². The van der Waals surface area contributed by atoms with E-state index in [1.54, 1.807) is 12.1 Å². The average molecular weight is 489 g/mol. The minimum Gasteiger partial charge on any atom is -0.493 e. The van der Waals surface area contributed by atoms with Crippen molar-refractivity contribution in [3.8, 4) is 5.75 Å². The number of hydrogen-bond acceptors (Lipinski definition) is 3. The van der Waals surface area contributed by atoms with E-state index in [-0.39, 0.29) is 23.8 Å². The second-order valence-electron chi connectivity index (χ2n) is 10.3. The highest BCUT2D eigenvalue weighted by Crippen LogP contribution is 2.33. The van der Waals surface area contributed by atoms with E-state index >= 15 is 0 Å². The Balaban J connectivity index is 1.52. The molecule has 0 spiro atoms. The van der Waals surface area contributed by atoms with Gasteiger partial charge in [0.15, 0.2) is 0 Å². The van der Waals surface area contributed by atoms with Crippen molar-refractivity contribution in [3.05, 3.63) is 101 Å². The second kappa shape index (κ2) is 12.2. The number of amides is 1. The minimum atomic E-state index is -0.264. The van der Waals surface area contributed by atoms with E-state index in [1.807, 2.05) is 35.2 Å². The smallest absolute Gasteiger partial charge is 0.227 e. The third-order valence-corrected chi connectivity index (χ3v) is 6.92. The molecule has 36 heavy (non-hydrogen) atoms. The molecule has 0 saturated carbocycles. The van der Waals surface area contributed by atoms with Crippen LogP contribution in [0.25, 0.3) is 0 Å². The number of hydrogen-bond donors (Lipinski definition) is 0. The number of rotatable bonds is 9. The van der Waals surface area contributed by atoms with Crippen LogP contribution in [0.2, 0.25) is 0 Å². The number of nitrogens with zero attached hydrogens (tertiary/aromatic N) is 2. The van der Waals surface area contributed by atoms with Crippen molar-refractivity contribution in [2.75, 3.05) is 20.2 Å². The van der Waals surface area contributed by atoms with E-state index in [1.165, 1.54) is 17.7 Å². The summed E-state index contributed by atoms with van der Waals surface area (Å²) in [5.74, 6) is 1.11. The molecule has 0 radical (unpaired) electrons. The van der Waals surface area contributed by atoms with Gasteiger partial charge in [0.05, 0.1) is 13.0 Å². The fourth-order valence-electron chi connectivity index (χ4n) is 4.86. The van der Waals surface area contributed by atoms with Crippen LogP contribution in [-0.2, 0) is 17.8 Å². The molecule has 1 heterocycles. The van der Waals surface area contributed by atoms with Gasteiger partial charge in [0.2, 0.25) is 5.91 Å². The van der Waals surface area contributed by atoms with Gasteiger partial charge in [-0.2, -0.15) is 0 Å². The quantitative estimate of drug-likeness (QED) is 0.356. The summed E-state index contributed by atoms with van der Waals surface area (Å²) in [6, 6.07) is 25.2. The lowest BCUT2D eigenvalue weighted by Gasteiger charge is -2.42. The lowest BCUT2D eigenvalue weighted by Crippen LogP contribution is -2.47.